The molecule has 0 aromatic heterocycles. The van der Waals surface area contributed by atoms with Gasteiger partial charge in [-0.1, -0.05) is 25.7 Å². The molecule has 0 bridgehead atoms. The summed E-state index contributed by atoms with van der Waals surface area (Å²) in [7, 11) is 0. The van der Waals surface area contributed by atoms with E-state index in [-0.39, 0.29) is 24.3 Å². The molecule has 0 N–H and O–H groups in total. The summed E-state index contributed by atoms with van der Waals surface area (Å²) in [4.78, 5) is 24.5. The minimum Gasteiger partial charge on any atom is -0.457 e. The number of carbonyl (C=O) groups is 2. The molecule has 0 unspecified atom stereocenters. The van der Waals surface area contributed by atoms with Crippen LogP contribution in [0.1, 0.15) is 72.1 Å². The summed E-state index contributed by atoms with van der Waals surface area (Å²) >= 11 is 0. The largest absolute Gasteiger partial charge is 0.457 e. The molecule has 2 rings (SSSR count). The van der Waals surface area contributed by atoms with Crippen molar-refractivity contribution in [3.8, 4) is 0 Å². The third-order valence-electron chi connectivity index (χ3n) is 5.15. The van der Waals surface area contributed by atoms with E-state index in [9.17, 15) is 9.59 Å². The van der Waals surface area contributed by atoms with Gasteiger partial charge in [-0.3, -0.25) is 9.59 Å². The summed E-state index contributed by atoms with van der Waals surface area (Å²) < 4.78 is 5.28. The first-order valence-corrected chi connectivity index (χ1v) is 8.59. The lowest BCUT2D eigenvalue weighted by molar-refractivity contribution is -0.157. The number of rotatable bonds is 5. The summed E-state index contributed by atoms with van der Waals surface area (Å²) in [6.07, 6.45) is 9.73. The summed E-state index contributed by atoms with van der Waals surface area (Å²) in [5, 5.41) is 0. The van der Waals surface area contributed by atoms with E-state index in [1.165, 1.54) is 51.4 Å². The highest BCUT2D eigenvalue weighted by molar-refractivity contribution is 5.86. The fraction of sp³-hybridized carbons (Fsp3) is 0.889. The van der Waals surface area contributed by atoms with Crippen molar-refractivity contribution >= 4 is 11.8 Å². The van der Waals surface area contributed by atoms with E-state index in [1.54, 1.807) is 0 Å². The molecule has 120 valence electrons. The van der Waals surface area contributed by atoms with Crippen molar-refractivity contribution in [2.45, 2.75) is 72.1 Å². The number of hydrogen-bond acceptors (Lipinski definition) is 3. The van der Waals surface area contributed by atoms with Gasteiger partial charge in [0, 0.05) is 5.92 Å². The smallest absolute Gasteiger partial charge is 0.311 e. The Morgan fingerprint density at radius 2 is 1.38 bits per heavy atom. The lowest BCUT2D eigenvalue weighted by Gasteiger charge is -2.28. The number of ketones is 1. The molecule has 2 fully saturated rings. The molecule has 2 aliphatic rings. The van der Waals surface area contributed by atoms with Crippen molar-refractivity contribution < 1.29 is 14.3 Å². The fourth-order valence-electron chi connectivity index (χ4n) is 3.99. The van der Waals surface area contributed by atoms with Crippen molar-refractivity contribution in [2.75, 3.05) is 6.61 Å². The highest BCUT2D eigenvalue weighted by Gasteiger charge is 2.38. The van der Waals surface area contributed by atoms with Crippen LogP contribution < -0.4 is 0 Å². The van der Waals surface area contributed by atoms with E-state index in [0.717, 1.165) is 0 Å². The van der Waals surface area contributed by atoms with Gasteiger partial charge in [-0.15, -0.1) is 0 Å². The van der Waals surface area contributed by atoms with E-state index in [2.05, 4.69) is 0 Å². The summed E-state index contributed by atoms with van der Waals surface area (Å²) in [5.41, 5.74) is -0.531. The minimum atomic E-state index is -0.531. The van der Waals surface area contributed by atoms with Gasteiger partial charge < -0.3 is 4.74 Å². The molecule has 21 heavy (non-hydrogen) atoms. The van der Waals surface area contributed by atoms with E-state index in [4.69, 9.17) is 4.74 Å². The van der Waals surface area contributed by atoms with Gasteiger partial charge in [0.2, 0.25) is 0 Å². The number of hydrogen-bond donors (Lipinski definition) is 0. The summed E-state index contributed by atoms with van der Waals surface area (Å²) in [6, 6.07) is 0. The summed E-state index contributed by atoms with van der Waals surface area (Å²) in [5.74, 6) is 1.12. The Kier molecular flexibility index (Phi) is 5.45. The highest BCUT2D eigenvalue weighted by atomic mass is 16.5. The van der Waals surface area contributed by atoms with Crippen molar-refractivity contribution in [1.29, 1.82) is 0 Å². The van der Waals surface area contributed by atoms with Crippen LogP contribution in [0.4, 0.5) is 0 Å². The highest BCUT2D eigenvalue weighted by Crippen LogP contribution is 2.42. The van der Waals surface area contributed by atoms with E-state index >= 15 is 0 Å². The normalized spacial score (nSPS) is 21.1. The zero-order valence-corrected chi connectivity index (χ0v) is 13.8. The van der Waals surface area contributed by atoms with Gasteiger partial charge in [0.15, 0.2) is 5.78 Å². The molecule has 0 saturated heterocycles. The number of ether oxygens (including phenoxy) is 1. The van der Waals surface area contributed by atoms with Crippen LogP contribution in [-0.2, 0) is 14.3 Å². The Labute approximate surface area is 128 Å². The Bertz CT molecular complexity index is 352. The average molecular weight is 294 g/mol. The van der Waals surface area contributed by atoms with Gasteiger partial charge in [-0.25, -0.2) is 0 Å². The van der Waals surface area contributed by atoms with E-state index in [1.807, 2.05) is 20.8 Å². The van der Waals surface area contributed by atoms with Gasteiger partial charge >= 0.3 is 5.97 Å². The van der Waals surface area contributed by atoms with E-state index < -0.39 is 5.41 Å². The fourth-order valence-corrected chi connectivity index (χ4v) is 3.99. The maximum absolute atomic E-state index is 12.7. The maximum atomic E-state index is 12.7. The van der Waals surface area contributed by atoms with Crippen LogP contribution in [0.15, 0.2) is 0 Å². The first-order chi connectivity index (χ1) is 9.89. The number of carbonyl (C=O) groups excluding carboxylic acids is 2. The predicted octanol–water partition coefficient (Wildman–Crippen LogP) is 4.14. The van der Waals surface area contributed by atoms with Crippen LogP contribution in [-0.4, -0.2) is 18.4 Å². The van der Waals surface area contributed by atoms with Crippen LogP contribution in [0.3, 0.4) is 0 Å². The Balaban J connectivity index is 1.95. The van der Waals surface area contributed by atoms with Gasteiger partial charge in [0.05, 0.1) is 5.41 Å². The number of esters is 1. The zero-order valence-electron chi connectivity index (χ0n) is 13.8. The van der Waals surface area contributed by atoms with Crippen LogP contribution in [0, 0.1) is 23.2 Å². The quantitative estimate of drug-likeness (QED) is 0.716. The predicted molar refractivity (Wildman–Crippen MR) is 82.8 cm³/mol. The molecular weight excluding hydrogens is 264 g/mol. The first kappa shape index (κ1) is 16.5. The maximum Gasteiger partial charge on any atom is 0.311 e. The standard InChI is InChI=1S/C18H30O3/c1-18(2,3)17(20)21-12-15(19)16(13-8-4-5-9-13)14-10-6-7-11-14/h13-14,16H,4-12H2,1-3H3. The molecule has 2 aliphatic carbocycles. The second-order valence-electron chi connectivity index (χ2n) is 7.91. The average Bonchev–Trinajstić information content (AvgIpc) is 3.08. The van der Waals surface area contributed by atoms with Crippen LogP contribution >= 0.6 is 0 Å². The third kappa shape index (κ3) is 4.31. The van der Waals surface area contributed by atoms with Crippen LogP contribution in [0.2, 0.25) is 0 Å². The molecule has 0 heterocycles. The van der Waals surface area contributed by atoms with Gasteiger partial charge in [0.25, 0.3) is 0 Å². The monoisotopic (exact) mass is 294 g/mol. The third-order valence-corrected chi connectivity index (χ3v) is 5.15. The Hall–Kier alpha value is -0.860. The number of Topliss-reactive ketones (excluding diaryl/α,β-unsaturated/α-hetero) is 1. The molecular formula is C18H30O3. The minimum absolute atomic E-state index is 0.0201. The molecule has 0 atom stereocenters. The molecule has 0 aromatic rings. The van der Waals surface area contributed by atoms with E-state index in [0.29, 0.717) is 11.8 Å². The Morgan fingerprint density at radius 1 is 0.952 bits per heavy atom. The SMILES string of the molecule is CC(C)(C)C(=O)OCC(=O)C(C1CCCC1)C1CCCC1. The molecule has 0 spiro atoms. The Morgan fingerprint density at radius 3 is 1.76 bits per heavy atom. The second kappa shape index (κ2) is 6.93. The van der Waals surface area contributed by atoms with Crippen LogP contribution in [0.5, 0.6) is 0 Å². The van der Waals surface area contributed by atoms with Crippen molar-refractivity contribution in [3.63, 3.8) is 0 Å². The second-order valence-corrected chi connectivity index (χ2v) is 7.91. The van der Waals surface area contributed by atoms with Gasteiger partial charge in [-0.05, 0) is 58.3 Å². The van der Waals surface area contributed by atoms with Crippen LogP contribution in [0.25, 0.3) is 0 Å². The van der Waals surface area contributed by atoms with Gasteiger partial charge in [-0.2, -0.15) is 0 Å². The van der Waals surface area contributed by atoms with Crippen molar-refractivity contribution in [2.24, 2.45) is 23.2 Å². The van der Waals surface area contributed by atoms with Crippen molar-refractivity contribution in [1.82, 2.24) is 0 Å². The first-order valence-electron chi connectivity index (χ1n) is 8.59. The van der Waals surface area contributed by atoms with Crippen molar-refractivity contribution in [3.05, 3.63) is 0 Å². The zero-order chi connectivity index (χ0) is 15.5. The van der Waals surface area contributed by atoms with Gasteiger partial charge in [0.1, 0.15) is 6.61 Å². The lowest BCUT2D eigenvalue weighted by Crippen LogP contribution is -2.34. The molecule has 0 amide bonds. The summed E-state index contributed by atoms with van der Waals surface area (Å²) in [6.45, 7) is 5.45. The molecule has 0 aromatic carbocycles. The molecule has 3 heteroatoms. The molecule has 3 nitrogen and oxygen atoms in total. The molecule has 0 aliphatic heterocycles. The molecule has 0 radical (unpaired) electrons. The molecule has 2 saturated carbocycles. The lowest BCUT2D eigenvalue weighted by atomic mass is 9.77. The topological polar surface area (TPSA) is 43.4 Å².